The average molecular weight is 243 g/mol. The van der Waals surface area contributed by atoms with Crippen molar-refractivity contribution in [2.75, 3.05) is 0 Å². The fourth-order valence-corrected chi connectivity index (χ4v) is 1.67. The second kappa shape index (κ2) is 4.70. The smallest absolute Gasteiger partial charge is 0.131 e. The van der Waals surface area contributed by atoms with Crippen LogP contribution in [0, 0.1) is 5.92 Å². The lowest BCUT2D eigenvalue weighted by atomic mass is 9.92. The predicted molar refractivity (Wildman–Crippen MR) is 57.6 cm³/mol. The van der Waals surface area contributed by atoms with E-state index in [2.05, 4.69) is 46.7 Å². The van der Waals surface area contributed by atoms with Gasteiger partial charge in [0.05, 0.1) is 4.47 Å². The first-order valence-corrected chi connectivity index (χ1v) is 5.42. The van der Waals surface area contributed by atoms with Crippen LogP contribution in [0.25, 0.3) is 0 Å². The van der Waals surface area contributed by atoms with Crippen molar-refractivity contribution in [3.05, 3.63) is 22.7 Å². The molecule has 0 aromatic carbocycles. The zero-order valence-electron chi connectivity index (χ0n) is 8.29. The molecule has 13 heavy (non-hydrogen) atoms. The SMILES string of the molecule is CC[C@@H](c1ncc(Br)cn1)C(C)C. The first-order valence-electron chi connectivity index (χ1n) is 4.62. The highest BCUT2D eigenvalue weighted by Gasteiger charge is 2.15. The van der Waals surface area contributed by atoms with Gasteiger partial charge in [0.1, 0.15) is 5.82 Å². The summed E-state index contributed by atoms with van der Waals surface area (Å²) in [4.78, 5) is 8.63. The summed E-state index contributed by atoms with van der Waals surface area (Å²) in [7, 11) is 0. The molecule has 2 nitrogen and oxygen atoms in total. The minimum atomic E-state index is 0.480. The van der Waals surface area contributed by atoms with Crippen LogP contribution in [0.1, 0.15) is 38.9 Å². The fourth-order valence-electron chi connectivity index (χ4n) is 1.47. The molecule has 0 aliphatic rings. The lowest BCUT2D eigenvalue weighted by Crippen LogP contribution is -2.09. The standard InChI is InChI=1S/C10H15BrN2/c1-4-9(7(2)3)10-12-5-8(11)6-13-10/h5-7,9H,4H2,1-3H3/t9-/m1/s1. The van der Waals surface area contributed by atoms with Crippen LogP contribution in [0.4, 0.5) is 0 Å². The van der Waals surface area contributed by atoms with Crippen molar-refractivity contribution in [2.45, 2.75) is 33.1 Å². The van der Waals surface area contributed by atoms with Crippen LogP contribution in [0.15, 0.2) is 16.9 Å². The Hall–Kier alpha value is -0.440. The Kier molecular flexibility index (Phi) is 3.85. The normalized spacial score (nSPS) is 13.3. The molecule has 1 rings (SSSR count). The van der Waals surface area contributed by atoms with Crippen LogP contribution in [0.3, 0.4) is 0 Å². The van der Waals surface area contributed by atoms with Gasteiger partial charge < -0.3 is 0 Å². The van der Waals surface area contributed by atoms with Gasteiger partial charge in [-0.05, 0) is 28.3 Å². The summed E-state index contributed by atoms with van der Waals surface area (Å²) in [5.41, 5.74) is 0. The molecular weight excluding hydrogens is 228 g/mol. The summed E-state index contributed by atoms with van der Waals surface area (Å²) in [6.07, 6.45) is 4.72. The van der Waals surface area contributed by atoms with Gasteiger partial charge in [0, 0.05) is 18.3 Å². The van der Waals surface area contributed by atoms with E-state index in [0.717, 1.165) is 16.7 Å². The van der Waals surface area contributed by atoms with Gasteiger partial charge in [0.25, 0.3) is 0 Å². The fraction of sp³-hybridized carbons (Fsp3) is 0.600. The van der Waals surface area contributed by atoms with Gasteiger partial charge >= 0.3 is 0 Å². The Bertz CT molecular complexity index is 256. The monoisotopic (exact) mass is 242 g/mol. The second-order valence-electron chi connectivity index (χ2n) is 3.52. The molecule has 72 valence electrons. The molecule has 0 saturated carbocycles. The van der Waals surface area contributed by atoms with Gasteiger partial charge in [-0.3, -0.25) is 0 Å². The minimum Gasteiger partial charge on any atom is -0.240 e. The Morgan fingerprint density at radius 3 is 2.23 bits per heavy atom. The zero-order valence-corrected chi connectivity index (χ0v) is 9.87. The largest absolute Gasteiger partial charge is 0.240 e. The molecule has 3 heteroatoms. The molecule has 0 saturated heterocycles. The van der Waals surface area contributed by atoms with Gasteiger partial charge in [-0.2, -0.15) is 0 Å². The molecule has 0 spiro atoms. The van der Waals surface area contributed by atoms with E-state index in [9.17, 15) is 0 Å². The van der Waals surface area contributed by atoms with E-state index in [1.54, 1.807) is 0 Å². The first kappa shape index (κ1) is 10.6. The zero-order chi connectivity index (χ0) is 9.84. The predicted octanol–water partition coefficient (Wildman–Crippen LogP) is 3.39. The quantitative estimate of drug-likeness (QED) is 0.813. The Balaban J connectivity index is 2.86. The third-order valence-corrected chi connectivity index (χ3v) is 2.63. The van der Waals surface area contributed by atoms with E-state index in [-0.39, 0.29) is 0 Å². The number of nitrogens with zero attached hydrogens (tertiary/aromatic N) is 2. The first-order chi connectivity index (χ1) is 6.15. The lowest BCUT2D eigenvalue weighted by Gasteiger charge is -2.16. The van der Waals surface area contributed by atoms with Gasteiger partial charge in [-0.25, -0.2) is 9.97 Å². The molecule has 1 aromatic rings. The van der Waals surface area contributed by atoms with E-state index in [1.807, 2.05) is 12.4 Å². The highest BCUT2D eigenvalue weighted by molar-refractivity contribution is 9.10. The van der Waals surface area contributed by atoms with Crippen molar-refractivity contribution >= 4 is 15.9 Å². The van der Waals surface area contributed by atoms with E-state index < -0.39 is 0 Å². The maximum Gasteiger partial charge on any atom is 0.131 e. The van der Waals surface area contributed by atoms with E-state index in [1.165, 1.54) is 0 Å². The number of halogens is 1. The summed E-state index contributed by atoms with van der Waals surface area (Å²) in [6.45, 7) is 6.59. The van der Waals surface area contributed by atoms with Gasteiger partial charge in [-0.15, -0.1) is 0 Å². The maximum atomic E-state index is 4.31. The number of hydrogen-bond donors (Lipinski definition) is 0. The van der Waals surface area contributed by atoms with Crippen molar-refractivity contribution in [1.29, 1.82) is 0 Å². The summed E-state index contributed by atoms with van der Waals surface area (Å²) in [6, 6.07) is 0. The van der Waals surface area contributed by atoms with E-state index >= 15 is 0 Å². The molecule has 0 aliphatic carbocycles. The van der Waals surface area contributed by atoms with Crippen LogP contribution in [-0.4, -0.2) is 9.97 Å². The molecule has 0 fully saturated rings. The second-order valence-corrected chi connectivity index (χ2v) is 4.43. The van der Waals surface area contributed by atoms with Crippen molar-refractivity contribution in [1.82, 2.24) is 9.97 Å². The molecule has 1 aromatic heterocycles. The van der Waals surface area contributed by atoms with Crippen LogP contribution in [0.2, 0.25) is 0 Å². The molecular formula is C10H15BrN2. The minimum absolute atomic E-state index is 0.480. The van der Waals surface area contributed by atoms with E-state index in [0.29, 0.717) is 11.8 Å². The molecule has 0 aliphatic heterocycles. The van der Waals surface area contributed by atoms with Crippen molar-refractivity contribution in [2.24, 2.45) is 5.92 Å². The molecule has 1 heterocycles. The molecule has 0 unspecified atom stereocenters. The summed E-state index contributed by atoms with van der Waals surface area (Å²) in [5.74, 6) is 2.04. The third kappa shape index (κ3) is 2.76. The maximum absolute atomic E-state index is 4.31. The van der Waals surface area contributed by atoms with Gasteiger partial charge in [0.15, 0.2) is 0 Å². The van der Waals surface area contributed by atoms with Crippen LogP contribution < -0.4 is 0 Å². The third-order valence-electron chi connectivity index (χ3n) is 2.22. The van der Waals surface area contributed by atoms with Crippen LogP contribution >= 0.6 is 15.9 Å². The lowest BCUT2D eigenvalue weighted by molar-refractivity contribution is 0.463. The molecule has 0 N–H and O–H groups in total. The molecule has 0 bridgehead atoms. The highest BCUT2D eigenvalue weighted by atomic mass is 79.9. The summed E-state index contributed by atoms with van der Waals surface area (Å²) in [5, 5.41) is 0. The van der Waals surface area contributed by atoms with E-state index in [4.69, 9.17) is 0 Å². The van der Waals surface area contributed by atoms with Crippen molar-refractivity contribution < 1.29 is 0 Å². The Labute approximate surface area is 87.9 Å². The Morgan fingerprint density at radius 2 is 1.85 bits per heavy atom. The van der Waals surface area contributed by atoms with Crippen LogP contribution in [0.5, 0.6) is 0 Å². The van der Waals surface area contributed by atoms with Gasteiger partial charge in [0.2, 0.25) is 0 Å². The van der Waals surface area contributed by atoms with Crippen molar-refractivity contribution in [3.8, 4) is 0 Å². The number of rotatable bonds is 3. The average Bonchev–Trinajstić information content (AvgIpc) is 2.09. The Morgan fingerprint density at radius 1 is 1.31 bits per heavy atom. The molecule has 1 atom stereocenters. The summed E-state index contributed by atoms with van der Waals surface area (Å²) < 4.78 is 0.940. The molecule has 0 amide bonds. The van der Waals surface area contributed by atoms with Crippen molar-refractivity contribution in [3.63, 3.8) is 0 Å². The number of hydrogen-bond acceptors (Lipinski definition) is 2. The topological polar surface area (TPSA) is 25.8 Å². The van der Waals surface area contributed by atoms with Gasteiger partial charge in [-0.1, -0.05) is 20.8 Å². The highest BCUT2D eigenvalue weighted by Crippen LogP contribution is 2.24. The van der Waals surface area contributed by atoms with Crippen LogP contribution in [-0.2, 0) is 0 Å². The number of aromatic nitrogens is 2. The molecule has 0 radical (unpaired) electrons. The summed E-state index contributed by atoms with van der Waals surface area (Å²) >= 11 is 3.33.